The molecule has 0 atom stereocenters. The molecule has 0 unspecified atom stereocenters. The Hall–Kier alpha value is -1.33. The van der Waals surface area contributed by atoms with Crippen molar-refractivity contribution in [2.45, 2.75) is 0 Å². The molecule has 4 nitrogen and oxygen atoms in total. The van der Waals surface area contributed by atoms with E-state index in [-0.39, 0.29) is 5.11 Å². The lowest BCUT2D eigenvalue weighted by molar-refractivity contribution is -0.110. The average molecular weight is 230 g/mol. The molecule has 0 radical (unpaired) electrons. The van der Waals surface area contributed by atoms with Gasteiger partial charge in [-0.1, -0.05) is 23.7 Å². The average Bonchev–Trinajstić information content (AvgIpc) is 2.18. The first-order chi connectivity index (χ1) is 6.74. The van der Waals surface area contributed by atoms with E-state index < -0.39 is 0 Å². The van der Waals surface area contributed by atoms with Crippen LogP contribution in [0, 0.1) is 0 Å². The highest BCUT2D eigenvalue weighted by Crippen LogP contribution is 2.19. The zero-order valence-corrected chi connectivity index (χ0v) is 8.65. The fraction of sp³-hybridized carbons (Fsp3) is 0. The Bertz CT molecular complexity index is 345. The molecule has 0 fully saturated rings. The van der Waals surface area contributed by atoms with Crippen LogP contribution in [-0.4, -0.2) is 11.5 Å². The van der Waals surface area contributed by atoms with Crippen LogP contribution >= 0.6 is 23.8 Å². The minimum Gasteiger partial charge on any atom is -0.330 e. The maximum Gasteiger partial charge on any atom is 0.225 e. The van der Waals surface area contributed by atoms with Crippen molar-refractivity contribution in [3.8, 4) is 0 Å². The summed E-state index contributed by atoms with van der Waals surface area (Å²) in [6, 6.07) is 7.15. The second-order valence-electron chi connectivity index (χ2n) is 2.32. The van der Waals surface area contributed by atoms with Crippen LogP contribution in [0.5, 0.6) is 0 Å². The predicted octanol–water partition coefficient (Wildman–Crippen LogP) is 1.29. The number of anilines is 1. The van der Waals surface area contributed by atoms with Crippen molar-refractivity contribution < 1.29 is 4.79 Å². The van der Waals surface area contributed by atoms with Gasteiger partial charge in [0.15, 0.2) is 5.11 Å². The normalized spacial score (nSPS) is 8.93. The van der Waals surface area contributed by atoms with Crippen LogP contribution in [0.4, 0.5) is 5.69 Å². The number of thiocarbonyl (C=S) groups is 1. The molecule has 6 heteroatoms. The second-order valence-corrected chi connectivity index (χ2v) is 3.14. The van der Waals surface area contributed by atoms with Crippen molar-refractivity contribution in [2.75, 3.05) is 5.32 Å². The monoisotopic (exact) mass is 229 g/mol. The Morgan fingerprint density at radius 1 is 1.43 bits per heavy atom. The van der Waals surface area contributed by atoms with Crippen LogP contribution in [0.15, 0.2) is 24.3 Å². The largest absolute Gasteiger partial charge is 0.330 e. The molecule has 74 valence electrons. The molecular weight excluding hydrogens is 222 g/mol. The smallest absolute Gasteiger partial charge is 0.225 e. The van der Waals surface area contributed by atoms with Gasteiger partial charge in [0, 0.05) is 0 Å². The molecule has 0 saturated heterocycles. The van der Waals surface area contributed by atoms with Crippen molar-refractivity contribution in [1.82, 2.24) is 10.9 Å². The summed E-state index contributed by atoms with van der Waals surface area (Å²) in [4.78, 5) is 9.94. The number of hydrogen-bond donors (Lipinski definition) is 3. The molecule has 1 rings (SSSR count). The van der Waals surface area contributed by atoms with Crippen LogP contribution in [-0.2, 0) is 4.79 Å². The van der Waals surface area contributed by atoms with E-state index in [1.807, 2.05) is 12.1 Å². The summed E-state index contributed by atoms with van der Waals surface area (Å²) in [6.45, 7) is 0. The third kappa shape index (κ3) is 3.20. The number of hydrogen-bond acceptors (Lipinski definition) is 2. The van der Waals surface area contributed by atoms with E-state index in [1.54, 1.807) is 12.1 Å². The highest BCUT2D eigenvalue weighted by atomic mass is 35.5. The molecule has 0 aliphatic heterocycles. The van der Waals surface area contributed by atoms with E-state index in [4.69, 9.17) is 23.8 Å². The van der Waals surface area contributed by atoms with Crippen LogP contribution in [0.3, 0.4) is 0 Å². The molecule has 0 bridgehead atoms. The lowest BCUT2D eigenvalue weighted by Gasteiger charge is -2.09. The van der Waals surface area contributed by atoms with E-state index in [0.717, 1.165) is 0 Å². The van der Waals surface area contributed by atoms with Crippen molar-refractivity contribution in [3.63, 3.8) is 0 Å². The zero-order chi connectivity index (χ0) is 10.4. The molecule has 0 aromatic heterocycles. The summed E-state index contributed by atoms with van der Waals surface area (Å²) in [6.07, 6.45) is 0.487. The maximum atomic E-state index is 9.94. The molecule has 0 heterocycles. The van der Waals surface area contributed by atoms with Crippen molar-refractivity contribution in [1.29, 1.82) is 0 Å². The first-order valence-corrected chi connectivity index (χ1v) is 4.53. The van der Waals surface area contributed by atoms with E-state index in [2.05, 4.69) is 16.2 Å². The van der Waals surface area contributed by atoms with E-state index in [9.17, 15) is 4.79 Å². The Morgan fingerprint density at radius 2 is 2.14 bits per heavy atom. The number of carbonyl (C=O) groups excluding carboxylic acids is 1. The summed E-state index contributed by atoms with van der Waals surface area (Å²) in [5, 5.41) is 3.64. The van der Waals surface area contributed by atoms with Crippen LogP contribution in [0.2, 0.25) is 5.02 Å². The number of carbonyl (C=O) groups is 1. The summed E-state index contributed by atoms with van der Waals surface area (Å²) >= 11 is 10.7. The van der Waals surface area contributed by atoms with E-state index in [0.29, 0.717) is 17.1 Å². The molecule has 0 aliphatic rings. The van der Waals surface area contributed by atoms with Crippen molar-refractivity contribution in [2.24, 2.45) is 0 Å². The Morgan fingerprint density at radius 3 is 2.79 bits per heavy atom. The SMILES string of the molecule is O=CNNC(=S)Nc1ccccc1Cl. The Kier molecular flexibility index (Phi) is 4.15. The maximum absolute atomic E-state index is 9.94. The molecule has 0 spiro atoms. The van der Waals surface area contributed by atoms with Crippen LogP contribution in [0.25, 0.3) is 0 Å². The number of amides is 1. The topological polar surface area (TPSA) is 53.2 Å². The van der Waals surface area contributed by atoms with Crippen molar-refractivity contribution in [3.05, 3.63) is 29.3 Å². The molecule has 0 aliphatic carbocycles. The standard InChI is InChI=1S/C8H8ClN3OS/c9-6-3-1-2-4-7(6)11-8(14)12-10-5-13/h1-5H,(H,10,13)(H2,11,12,14). The number of benzene rings is 1. The highest BCUT2D eigenvalue weighted by Gasteiger charge is 1.99. The van der Waals surface area contributed by atoms with Gasteiger partial charge >= 0.3 is 0 Å². The minimum atomic E-state index is 0.269. The molecule has 1 aromatic rings. The molecule has 14 heavy (non-hydrogen) atoms. The van der Waals surface area contributed by atoms with Crippen LogP contribution in [0.1, 0.15) is 0 Å². The van der Waals surface area contributed by atoms with Crippen LogP contribution < -0.4 is 16.2 Å². The molecule has 3 N–H and O–H groups in total. The quantitative estimate of drug-likeness (QED) is 0.415. The molecule has 1 amide bonds. The first-order valence-electron chi connectivity index (χ1n) is 3.74. The van der Waals surface area contributed by atoms with Gasteiger partial charge in [0.25, 0.3) is 0 Å². The van der Waals surface area contributed by atoms with Gasteiger partial charge in [0.05, 0.1) is 10.7 Å². The molecule has 1 aromatic carbocycles. The lowest BCUT2D eigenvalue weighted by Crippen LogP contribution is -2.39. The predicted molar refractivity (Wildman–Crippen MR) is 60.0 cm³/mol. The van der Waals surface area contributed by atoms with Crippen molar-refractivity contribution >= 4 is 41.0 Å². The number of halogens is 1. The molecule has 0 saturated carbocycles. The number of rotatable bonds is 3. The summed E-state index contributed by atoms with van der Waals surface area (Å²) in [5.41, 5.74) is 5.34. The Balaban J connectivity index is 2.56. The van der Waals surface area contributed by atoms with E-state index >= 15 is 0 Å². The van der Waals surface area contributed by atoms with Gasteiger partial charge in [0.1, 0.15) is 0 Å². The van der Waals surface area contributed by atoms with Gasteiger partial charge in [-0.15, -0.1) is 0 Å². The third-order valence-corrected chi connectivity index (χ3v) is 1.90. The molecular formula is C8H8ClN3OS. The number of nitrogens with one attached hydrogen (secondary N) is 3. The second kappa shape index (κ2) is 5.41. The zero-order valence-electron chi connectivity index (χ0n) is 7.08. The first kappa shape index (κ1) is 10.7. The number of para-hydroxylation sites is 1. The van der Waals surface area contributed by atoms with Gasteiger partial charge in [-0.25, -0.2) is 0 Å². The van der Waals surface area contributed by atoms with Gasteiger partial charge in [-0.05, 0) is 24.4 Å². The summed E-state index contributed by atoms with van der Waals surface area (Å²) in [5.74, 6) is 0. The Labute approximate surface area is 91.6 Å². The lowest BCUT2D eigenvalue weighted by atomic mass is 10.3. The van der Waals surface area contributed by atoms with Gasteiger partial charge in [0.2, 0.25) is 6.41 Å². The summed E-state index contributed by atoms with van der Waals surface area (Å²) < 4.78 is 0. The van der Waals surface area contributed by atoms with E-state index in [1.165, 1.54) is 0 Å². The van der Waals surface area contributed by atoms with Gasteiger partial charge < -0.3 is 5.32 Å². The highest BCUT2D eigenvalue weighted by molar-refractivity contribution is 7.80. The van der Waals surface area contributed by atoms with Gasteiger partial charge in [-0.2, -0.15) is 0 Å². The van der Waals surface area contributed by atoms with Gasteiger partial charge in [-0.3, -0.25) is 15.6 Å². The fourth-order valence-electron chi connectivity index (χ4n) is 0.811. The summed E-state index contributed by atoms with van der Waals surface area (Å²) in [7, 11) is 0. The third-order valence-electron chi connectivity index (χ3n) is 1.37. The fourth-order valence-corrected chi connectivity index (χ4v) is 1.16. The number of hydrazine groups is 1. The minimum absolute atomic E-state index is 0.269.